The molecule has 5 heteroatoms. The first-order chi connectivity index (χ1) is 7.70. The van der Waals surface area contributed by atoms with Gasteiger partial charge in [0.1, 0.15) is 5.82 Å². The summed E-state index contributed by atoms with van der Waals surface area (Å²) in [6, 6.07) is 3.92. The van der Waals surface area contributed by atoms with Crippen LogP contribution in [0.3, 0.4) is 0 Å². The lowest BCUT2D eigenvalue weighted by Crippen LogP contribution is -2.12. The zero-order chi connectivity index (χ0) is 11.5. The van der Waals surface area contributed by atoms with E-state index in [0.29, 0.717) is 5.92 Å². The average Bonchev–Trinajstić information content (AvgIpc) is 2.68. The normalized spacial score (nSPS) is 13.2. The fourth-order valence-corrected chi connectivity index (χ4v) is 1.91. The van der Waals surface area contributed by atoms with Crippen molar-refractivity contribution in [2.24, 2.45) is 11.7 Å². The van der Waals surface area contributed by atoms with Gasteiger partial charge in [-0.2, -0.15) is 0 Å². The summed E-state index contributed by atoms with van der Waals surface area (Å²) in [5.41, 5.74) is 6.49. The molecule has 86 valence electrons. The van der Waals surface area contributed by atoms with Crippen molar-refractivity contribution in [2.45, 2.75) is 19.8 Å². The molecule has 0 radical (unpaired) electrons. The Hall–Kier alpha value is -0.940. The lowest BCUT2D eigenvalue weighted by atomic mass is 10.1. The van der Waals surface area contributed by atoms with Gasteiger partial charge in [-0.25, -0.2) is 0 Å². The molecule has 0 aliphatic carbocycles. The Morgan fingerprint density at radius 2 is 2.25 bits per heavy atom. The molecular weight excluding hydrogens is 268 g/mol. The van der Waals surface area contributed by atoms with E-state index in [-0.39, 0.29) is 0 Å². The monoisotopic (exact) mass is 282 g/mol. The van der Waals surface area contributed by atoms with E-state index in [1.807, 2.05) is 22.7 Å². The lowest BCUT2D eigenvalue weighted by molar-refractivity contribution is 0.534. The quantitative estimate of drug-likeness (QED) is 0.934. The largest absolute Gasteiger partial charge is 0.330 e. The first-order valence-electron chi connectivity index (χ1n) is 5.40. The molecule has 0 aliphatic rings. The third kappa shape index (κ3) is 2.41. The molecule has 2 aromatic rings. The van der Waals surface area contributed by atoms with E-state index in [9.17, 15) is 0 Å². The number of aryl methyl sites for hydroxylation is 1. The summed E-state index contributed by atoms with van der Waals surface area (Å²) in [6.07, 6.45) is 3.96. The number of hydrogen-bond acceptors (Lipinski definition) is 3. The maximum atomic E-state index is 5.60. The van der Waals surface area contributed by atoms with E-state index in [1.54, 1.807) is 0 Å². The summed E-state index contributed by atoms with van der Waals surface area (Å²) >= 11 is 3.45. The van der Waals surface area contributed by atoms with Crippen molar-refractivity contribution in [1.29, 1.82) is 0 Å². The highest BCUT2D eigenvalue weighted by Crippen LogP contribution is 2.14. The van der Waals surface area contributed by atoms with Crippen LogP contribution < -0.4 is 5.73 Å². The molecular formula is C11H15BrN4. The fourth-order valence-electron chi connectivity index (χ4n) is 1.58. The smallest absolute Gasteiger partial charge is 0.160 e. The number of pyridine rings is 1. The van der Waals surface area contributed by atoms with E-state index in [4.69, 9.17) is 5.73 Å². The summed E-state index contributed by atoms with van der Waals surface area (Å²) < 4.78 is 3.06. The summed E-state index contributed by atoms with van der Waals surface area (Å²) in [5, 5.41) is 8.32. The molecule has 0 bridgehead atoms. The van der Waals surface area contributed by atoms with E-state index in [0.717, 1.165) is 35.3 Å². The molecule has 1 atom stereocenters. The van der Waals surface area contributed by atoms with Crippen LogP contribution in [0, 0.1) is 5.92 Å². The average molecular weight is 283 g/mol. The minimum absolute atomic E-state index is 0.527. The van der Waals surface area contributed by atoms with Crippen LogP contribution in [0.1, 0.15) is 19.2 Å². The molecule has 2 rings (SSSR count). The highest BCUT2D eigenvalue weighted by atomic mass is 79.9. The van der Waals surface area contributed by atoms with Crippen LogP contribution in [-0.4, -0.2) is 21.1 Å². The summed E-state index contributed by atoms with van der Waals surface area (Å²) in [4.78, 5) is 0. The van der Waals surface area contributed by atoms with Crippen molar-refractivity contribution in [1.82, 2.24) is 14.6 Å². The molecule has 0 spiro atoms. The van der Waals surface area contributed by atoms with Crippen LogP contribution in [0.25, 0.3) is 5.65 Å². The van der Waals surface area contributed by atoms with Crippen molar-refractivity contribution >= 4 is 21.6 Å². The standard InChI is InChI=1S/C11H15BrN4/c1-8(6-13)2-4-10-14-15-11-5-3-9(12)7-16(10)11/h3,5,7-8H,2,4,6,13H2,1H3. The van der Waals surface area contributed by atoms with Gasteiger partial charge in [-0.1, -0.05) is 6.92 Å². The van der Waals surface area contributed by atoms with Crippen LogP contribution in [0.4, 0.5) is 0 Å². The molecule has 1 unspecified atom stereocenters. The summed E-state index contributed by atoms with van der Waals surface area (Å²) in [5.74, 6) is 1.52. The zero-order valence-corrected chi connectivity index (χ0v) is 10.8. The van der Waals surface area contributed by atoms with Crippen molar-refractivity contribution in [3.8, 4) is 0 Å². The SMILES string of the molecule is CC(CN)CCc1nnc2ccc(Br)cn12. The maximum Gasteiger partial charge on any atom is 0.160 e. The maximum absolute atomic E-state index is 5.60. The van der Waals surface area contributed by atoms with Crippen molar-refractivity contribution in [2.75, 3.05) is 6.54 Å². The third-order valence-electron chi connectivity index (χ3n) is 2.70. The van der Waals surface area contributed by atoms with Gasteiger partial charge in [0.05, 0.1) is 0 Å². The predicted molar refractivity (Wildman–Crippen MR) is 67.2 cm³/mol. The van der Waals surface area contributed by atoms with Gasteiger partial charge in [-0.3, -0.25) is 4.40 Å². The number of halogens is 1. The van der Waals surface area contributed by atoms with Crippen molar-refractivity contribution in [3.05, 3.63) is 28.6 Å². The van der Waals surface area contributed by atoms with Gasteiger partial charge in [-0.15, -0.1) is 10.2 Å². The second-order valence-corrected chi connectivity index (χ2v) is 4.99. The zero-order valence-electron chi connectivity index (χ0n) is 9.23. The van der Waals surface area contributed by atoms with Crippen LogP contribution in [0.15, 0.2) is 22.8 Å². The van der Waals surface area contributed by atoms with Crippen LogP contribution in [-0.2, 0) is 6.42 Å². The number of nitrogens with zero attached hydrogens (tertiary/aromatic N) is 3. The van der Waals surface area contributed by atoms with E-state index >= 15 is 0 Å². The minimum atomic E-state index is 0.527. The molecule has 2 aromatic heterocycles. The molecule has 16 heavy (non-hydrogen) atoms. The Morgan fingerprint density at radius 3 is 3.00 bits per heavy atom. The number of hydrogen-bond donors (Lipinski definition) is 1. The van der Waals surface area contributed by atoms with Gasteiger partial charge in [0, 0.05) is 17.1 Å². The van der Waals surface area contributed by atoms with Gasteiger partial charge in [0.25, 0.3) is 0 Å². The third-order valence-corrected chi connectivity index (χ3v) is 3.17. The molecule has 0 saturated carbocycles. The highest BCUT2D eigenvalue weighted by Gasteiger charge is 2.07. The molecule has 4 nitrogen and oxygen atoms in total. The number of aromatic nitrogens is 3. The predicted octanol–water partition coefficient (Wildman–Crippen LogP) is 2.02. The molecule has 0 saturated heterocycles. The first kappa shape index (κ1) is 11.5. The van der Waals surface area contributed by atoms with Crippen LogP contribution in [0.2, 0.25) is 0 Å². The first-order valence-corrected chi connectivity index (χ1v) is 6.19. The van der Waals surface area contributed by atoms with Crippen LogP contribution >= 0.6 is 15.9 Å². The Labute approximate surface area is 103 Å². The Bertz CT molecular complexity index is 480. The van der Waals surface area contributed by atoms with E-state index in [2.05, 4.69) is 33.1 Å². The van der Waals surface area contributed by atoms with Crippen molar-refractivity contribution in [3.63, 3.8) is 0 Å². The molecule has 0 aromatic carbocycles. The minimum Gasteiger partial charge on any atom is -0.330 e. The summed E-state index contributed by atoms with van der Waals surface area (Å²) in [7, 11) is 0. The molecule has 0 amide bonds. The van der Waals surface area contributed by atoms with Gasteiger partial charge in [-0.05, 0) is 46.9 Å². The van der Waals surface area contributed by atoms with Gasteiger partial charge in [0.2, 0.25) is 0 Å². The number of fused-ring (bicyclic) bond motifs is 1. The molecule has 0 fully saturated rings. The molecule has 2 N–H and O–H groups in total. The lowest BCUT2D eigenvalue weighted by Gasteiger charge is -2.06. The number of nitrogens with two attached hydrogens (primary N) is 1. The van der Waals surface area contributed by atoms with Gasteiger partial charge < -0.3 is 5.73 Å². The molecule has 2 heterocycles. The highest BCUT2D eigenvalue weighted by molar-refractivity contribution is 9.10. The molecule has 0 aliphatic heterocycles. The van der Waals surface area contributed by atoms with E-state index < -0.39 is 0 Å². The van der Waals surface area contributed by atoms with E-state index in [1.165, 1.54) is 0 Å². The second-order valence-electron chi connectivity index (χ2n) is 4.07. The Balaban J connectivity index is 2.21. The topological polar surface area (TPSA) is 56.2 Å². The van der Waals surface area contributed by atoms with Crippen LogP contribution in [0.5, 0.6) is 0 Å². The van der Waals surface area contributed by atoms with Gasteiger partial charge >= 0.3 is 0 Å². The van der Waals surface area contributed by atoms with Crippen molar-refractivity contribution < 1.29 is 0 Å². The summed E-state index contributed by atoms with van der Waals surface area (Å²) in [6.45, 7) is 2.87. The Morgan fingerprint density at radius 1 is 1.44 bits per heavy atom. The Kier molecular flexibility index (Phi) is 3.56. The van der Waals surface area contributed by atoms with Gasteiger partial charge in [0.15, 0.2) is 5.65 Å². The fraction of sp³-hybridized carbons (Fsp3) is 0.455. The number of rotatable bonds is 4. The second kappa shape index (κ2) is 4.93.